The minimum Gasteiger partial charge on any atom is -0.354 e. The van der Waals surface area contributed by atoms with Crippen LogP contribution in [0.1, 0.15) is 45.2 Å². The van der Waals surface area contributed by atoms with Crippen molar-refractivity contribution in [3.05, 3.63) is 44.9 Å². The molecular weight excluding hydrogens is 380 g/mol. The molecule has 1 unspecified atom stereocenters. The fourth-order valence-electron chi connectivity index (χ4n) is 3.26. The predicted molar refractivity (Wildman–Crippen MR) is 107 cm³/mol. The van der Waals surface area contributed by atoms with Gasteiger partial charge in [0.1, 0.15) is 11.7 Å². The Kier molecular flexibility index (Phi) is 5.18. The summed E-state index contributed by atoms with van der Waals surface area (Å²) in [5.41, 5.74) is 2.23. The molecule has 0 aromatic carbocycles. The third-order valence-electron chi connectivity index (χ3n) is 4.60. The Hall–Kier alpha value is -2.32. The summed E-state index contributed by atoms with van der Waals surface area (Å²) >= 11 is 3.28. The molecule has 0 radical (unpaired) electrons. The molecule has 2 amide bonds. The molecule has 0 bridgehead atoms. The maximum atomic E-state index is 12.8. The second-order valence-electron chi connectivity index (χ2n) is 6.64. The highest BCUT2D eigenvalue weighted by atomic mass is 32.1. The van der Waals surface area contributed by atoms with Crippen LogP contribution in [0.3, 0.4) is 0 Å². The fraction of sp³-hybridized carbons (Fsp3) is 0.368. The number of thiazole rings is 1. The summed E-state index contributed by atoms with van der Waals surface area (Å²) in [5.74, 6) is -0.412. The quantitative estimate of drug-likeness (QED) is 0.705. The van der Waals surface area contributed by atoms with Crippen LogP contribution in [0.25, 0.3) is 10.2 Å². The van der Waals surface area contributed by atoms with Gasteiger partial charge in [-0.25, -0.2) is 9.97 Å². The molecule has 1 aliphatic rings. The molecule has 1 atom stereocenters. The molecule has 6 nitrogen and oxygen atoms in total. The largest absolute Gasteiger partial charge is 0.354 e. The van der Waals surface area contributed by atoms with Crippen LogP contribution in [0.2, 0.25) is 0 Å². The van der Waals surface area contributed by atoms with Crippen LogP contribution in [0, 0.1) is 6.92 Å². The van der Waals surface area contributed by atoms with E-state index in [2.05, 4.69) is 20.6 Å². The number of hydrogen-bond donors (Lipinski definition) is 2. The number of pyridine rings is 1. The first-order valence-electron chi connectivity index (χ1n) is 8.97. The van der Waals surface area contributed by atoms with Gasteiger partial charge in [0, 0.05) is 24.0 Å². The van der Waals surface area contributed by atoms with E-state index in [4.69, 9.17) is 0 Å². The Labute approximate surface area is 165 Å². The van der Waals surface area contributed by atoms with E-state index in [1.165, 1.54) is 0 Å². The van der Waals surface area contributed by atoms with Crippen LogP contribution in [0.15, 0.2) is 23.7 Å². The summed E-state index contributed by atoms with van der Waals surface area (Å²) in [6.07, 6.45) is 5.11. The number of nitrogens with zero attached hydrogens (tertiary/aromatic N) is 2. The van der Waals surface area contributed by atoms with Crippen LogP contribution in [-0.2, 0) is 11.2 Å². The highest BCUT2D eigenvalue weighted by molar-refractivity contribution is 7.17. The summed E-state index contributed by atoms with van der Waals surface area (Å²) in [7, 11) is 0. The van der Waals surface area contributed by atoms with Crippen LogP contribution in [0.5, 0.6) is 0 Å². The summed E-state index contributed by atoms with van der Waals surface area (Å²) in [6, 6.07) is 3.28. The Morgan fingerprint density at radius 1 is 1.41 bits per heavy atom. The average Bonchev–Trinajstić information content (AvgIpc) is 3.23. The first kappa shape index (κ1) is 18.1. The summed E-state index contributed by atoms with van der Waals surface area (Å²) in [6.45, 7) is 2.65. The molecule has 0 spiro atoms. The van der Waals surface area contributed by atoms with Gasteiger partial charge in [0.2, 0.25) is 5.91 Å². The number of fused-ring (bicyclic) bond motifs is 1. The van der Waals surface area contributed by atoms with Crippen molar-refractivity contribution in [2.45, 2.75) is 38.6 Å². The fourth-order valence-corrected chi connectivity index (χ4v) is 4.92. The van der Waals surface area contributed by atoms with Crippen molar-refractivity contribution in [3.63, 3.8) is 0 Å². The molecule has 1 saturated heterocycles. The number of carbonyl (C=O) groups excluding carboxylic acids is 2. The topological polar surface area (TPSA) is 84.0 Å². The van der Waals surface area contributed by atoms with E-state index in [1.54, 1.807) is 22.7 Å². The van der Waals surface area contributed by atoms with E-state index in [-0.39, 0.29) is 11.8 Å². The highest BCUT2D eigenvalue weighted by Crippen LogP contribution is 2.28. The molecule has 1 fully saturated rings. The summed E-state index contributed by atoms with van der Waals surface area (Å²) in [5, 5.41) is 8.71. The molecule has 27 heavy (non-hydrogen) atoms. The minimum atomic E-state index is -0.493. The van der Waals surface area contributed by atoms with Crippen molar-refractivity contribution in [2.24, 2.45) is 0 Å². The number of amides is 2. The average molecular weight is 401 g/mol. The SMILES string of the molecule is Cc1ncc(Cc2cc(C(=O)NC3CCCCNC3=O)nc3ccsc23)s1. The number of rotatable bonds is 4. The standard InChI is InChI=1S/C19H20N4O2S2/c1-11-21-10-13(27-11)8-12-9-16(22-14-5-7-26-17(12)14)19(25)23-15-4-2-3-6-20-18(15)24/h5,7,9-10,15H,2-4,6,8H2,1H3,(H,20,24)(H,23,25). The monoisotopic (exact) mass is 400 g/mol. The van der Waals surface area contributed by atoms with Gasteiger partial charge in [-0.2, -0.15) is 0 Å². The molecule has 4 rings (SSSR count). The number of carbonyl (C=O) groups is 2. The first-order chi connectivity index (χ1) is 13.1. The molecule has 4 heterocycles. The van der Waals surface area contributed by atoms with Crippen LogP contribution in [0.4, 0.5) is 0 Å². The second kappa shape index (κ2) is 7.74. The number of aromatic nitrogens is 2. The lowest BCUT2D eigenvalue weighted by Crippen LogP contribution is -2.45. The Morgan fingerprint density at radius 3 is 3.11 bits per heavy atom. The van der Waals surface area contributed by atoms with E-state index in [0.29, 0.717) is 18.7 Å². The van der Waals surface area contributed by atoms with E-state index < -0.39 is 6.04 Å². The third kappa shape index (κ3) is 4.01. The van der Waals surface area contributed by atoms with Gasteiger partial charge >= 0.3 is 0 Å². The zero-order valence-electron chi connectivity index (χ0n) is 14.9. The number of nitrogens with one attached hydrogen (secondary N) is 2. The molecule has 140 valence electrons. The molecule has 3 aromatic rings. The lowest BCUT2D eigenvalue weighted by atomic mass is 10.1. The van der Waals surface area contributed by atoms with Crippen molar-refractivity contribution in [1.29, 1.82) is 0 Å². The van der Waals surface area contributed by atoms with Gasteiger partial charge in [0.05, 0.1) is 15.2 Å². The van der Waals surface area contributed by atoms with Crippen molar-refractivity contribution in [3.8, 4) is 0 Å². The Morgan fingerprint density at radius 2 is 2.30 bits per heavy atom. The number of thiophene rings is 1. The number of aryl methyl sites for hydroxylation is 1. The van der Waals surface area contributed by atoms with E-state index in [1.807, 2.05) is 30.6 Å². The van der Waals surface area contributed by atoms with E-state index >= 15 is 0 Å². The van der Waals surface area contributed by atoms with Gasteiger partial charge in [0.25, 0.3) is 5.91 Å². The van der Waals surface area contributed by atoms with E-state index in [0.717, 1.165) is 44.9 Å². The predicted octanol–water partition coefficient (Wildman–Crippen LogP) is 3.05. The maximum Gasteiger partial charge on any atom is 0.270 e. The highest BCUT2D eigenvalue weighted by Gasteiger charge is 2.24. The van der Waals surface area contributed by atoms with Gasteiger partial charge in [-0.15, -0.1) is 22.7 Å². The van der Waals surface area contributed by atoms with Gasteiger partial charge in [-0.1, -0.05) is 0 Å². The maximum absolute atomic E-state index is 12.8. The molecule has 1 aliphatic heterocycles. The lowest BCUT2D eigenvalue weighted by Gasteiger charge is -2.15. The summed E-state index contributed by atoms with van der Waals surface area (Å²) < 4.78 is 1.09. The second-order valence-corrected chi connectivity index (χ2v) is 8.87. The normalized spacial score (nSPS) is 17.5. The zero-order chi connectivity index (χ0) is 18.8. The Bertz CT molecular complexity index is 995. The van der Waals surface area contributed by atoms with Gasteiger partial charge in [-0.3, -0.25) is 9.59 Å². The minimum absolute atomic E-state index is 0.113. The van der Waals surface area contributed by atoms with Crippen molar-refractivity contribution in [1.82, 2.24) is 20.6 Å². The molecular formula is C19H20N4O2S2. The smallest absolute Gasteiger partial charge is 0.270 e. The van der Waals surface area contributed by atoms with Crippen LogP contribution in [-0.4, -0.2) is 34.4 Å². The molecule has 3 aromatic heterocycles. The molecule has 0 saturated carbocycles. The van der Waals surface area contributed by atoms with Gasteiger partial charge < -0.3 is 10.6 Å². The van der Waals surface area contributed by atoms with E-state index in [9.17, 15) is 9.59 Å². The van der Waals surface area contributed by atoms with Gasteiger partial charge in [0.15, 0.2) is 0 Å². The number of hydrogen-bond acceptors (Lipinski definition) is 6. The Balaban J connectivity index is 1.61. The lowest BCUT2D eigenvalue weighted by molar-refractivity contribution is -0.122. The molecule has 0 aliphatic carbocycles. The van der Waals surface area contributed by atoms with Crippen molar-refractivity contribution < 1.29 is 9.59 Å². The summed E-state index contributed by atoms with van der Waals surface area (Å²) in [4.78, 5) is 34.9. The van der Waals surface area contributed by atoms with Crippen LogP contribution >= 0.6 is 22.7 Å². The third-order valence-corrected chi connectivity index (χ3v) is 6.49. The van der Waals surface area contributed by atoms with Crippen LogP contribution < -0.4 is 10.6 Å². The zero-order valence-corrected chi connectivity index (χ0v) is 16.6. The first-order valence-corrected chi connectivity index (χ1v) is 10.7. The van der Waals surface area contributed by atoms with Gasteiger partial charge in [-0.05, 0) is 49.3 Å². The molecule has 2 N–H and O–H groups in total. The molecule has 8 heteroatoms. The van der Waals surface area contributed by atoms with Crippen molar-refractivity contribution in [2.75, 3.05) is 6.54 Å². The van der Waals surface area contributed by atoms with Crippen molar-refractivity contribution >= 4 is 44.7 Å².